The molecule has 0 bridgehead atoms. The van der Waals surface area contributed by atoms with E-state index in [-0.39, 0.29) is 0 Å². The van der Waals surface area contributed by atoms with Gasteiger partial charge < -0.3 is 15.2 Å². The van der Waals surface area contributed by atoms with Crippen molar-refractivity contribution >= 4 is 23.3 Å². The second-order valence-corrected chi connectivity index (χ2v) is 5.03. The van der Waals surface area contributed by atoms with E-state index in [1.165, 1.54) is 13.2 Å². The van der Waals surface area contributed by atoms with Gasteiger partial charge in [-0.05, 0) is 36.8 Å². The molecule has 4 nitrogen and oxygen atoms in total. The van der Waals surface area contributed by atoms with Gasteiger partial charge in [0.25, 0.3) is 0 Å². The van der Waals surface area contributed by atoms with E-state index in [0.29, 0.717) is 28.6 Å². The molecule has 2 aromatic carbocycles. The van der Waals surface area contributed by atoms with Crippen LogP contribution >= 0.6 is 11.6 Å². The Morgan fingerprint density at radius 1 is 1.24 bits per heavy atom. The lowest BCUT2D eigenvalue weighted by atomic mass is 10.1. The number of methoxy groups -OCH3 is 1. The van der Waals surface area contributed by atoms with Crippen LogP contribution in [0, 0.1) is 6.92 Å². The van der Waals surface area contributed by atoms with Gasteiger partial charge in [0.1, 0.15) is 12.4 Å². The molecule has 0 unspecified atom stereocenters. The normalized spacial score (nSPS) is 10.2. The number of aryl methyl sites for hydroxylation is 1. The van der Waals surface area contributed by atoms with Gasteiger partial charge in [0.05, 0.1) is 18.4 Å². The van der Waals surface area contributed by atoms with Crippen LogP contribution in [-0.4, -0.2) is 13.1 Å². The zero-order chi connectivity index (χ0) is 15.4. The van der Waals surface area contributed by atoms with Crippen molar-refractivity contribution in [2.45, 2.75) is 13.5 Å². The van der Waals surface area contributed by atoms with E-state index in [9.17, 15) is 4.79 Å². The highest BCUT2D eigenvalue weighted by molar-refractivity contribution is 6.31. The van der Waals surface area contributed by atoms with Crippen LogP contribution in [0.3, 0.4) is 0 Å². The van der Waals surface area contributed by atoms with Crippen molar-refractivity contribution in [3.05, 3.63) is 58.1 Å². The first-order valence-electron chi connectivity index (χ1n) is 6.37. The first-order chi connectivity index (χ1) is 10.0. The van der Waals surface area contributed by atoms with Crippen molar-refractivity contribution in [2.75, 3.05) is 12.8 Å². The fourth-order valence-corrected chi connectivity index (χ4v) is 2.14. The maximum absolute atomic E-state index is 11.4. The lowest BCUT2D eigenvalue weighted by Gasteiger charge is -2.11. The van der Waals surface area contributed by atoms with Crippen LogP contribution in [0.25, 0.3) is 0 Å². The largest absolute Gasteiger partial charge is 0.487 e. The van der Waals surface area contributed by atoms with E-state index < -0.39 is 5.97 Å². The number of nitrogen functional groups attached to an aromatic ring is 1. The summed E-state index contributed by atoms with van der Waals surface area (Å²) in [4.78, 5) is 11.4. The highest BCUT2D eigenvalue weighted by atomic mass is 35.5. The number of hydrogen-bond donors (Lipinski definition) is 1. The molecule has 0 atom stereocenters. The van der Waals surface area contributed by atoms with Crippen LogP contribution in [0.1, 0.15) is 21.5 Å². The predicted molar refractivity (Wildman–Crippen MR) is 82.7 cm³/mol. The van der Waals surface area contributed by atoms with Crippen molar-refractivity contribution in [1.82, 2.24) is 0 Å². The summed E-state index contributed by atoms with van der Waals surface area (Å²) < 4.78 is 10.3. The summed E-state index contributed by atoms with van der Waals surface area (Å²) in [6.07, 6.45) is 0. The Hall–Kier alpha value is -2.20. The van der Waals surface area contributed by atoms with Gasteiger partial charge in [-0.25, -0.2) is 4.79 Å². The average molecular weight is 306 g/mol. The number of hydrogen-bond acceptors (Lipinski definition) is 4. The summed E-state index contributed by atoms with van der Waals surface area (Å²) in [6, 6.07) is 10.5. The average Bonchev–Trinajstić information content (AvgIpc) is 2.46. The lowest BCUT2D eigenvalue weighted by Crippen LogP contribution is -2.04. The van der Waals surface area contributed by atoms with Gasteiger partial charge in [-0.1, -0.05) is 23.7 Å². The van der Waals surface area contributed by atoms with Crippen LogP contribution < -0.4 is 10.5 Å². The molecular weight excluding hydrogens is 290 g/mol. The van der Waals surface area contributed by atoms with Gasteiger partial charge in [0.2, 0.25) is 0 Å². The third-order valence-corrected chi connectivity index (χ3v) is 3.37. The first kappa shape index (κ1) is 15.2. The number of carbonyl (C=O) groups excluding carboxylic acids is 1. The third kappa shape index (κ3) is 3.67. The zero-order valence-corrected chi connectivity index (χ0v) is 12.6. The minimum absolute atomic E-state index is 0.306. The van der Waals surface area contributed by atoms with E-state index in [2.05, 4.69) is 4.74 Å². The van der Waals surface area contributed by atoms with E-state index in [1.807, 2.05) is 25.1 Å². The topological polar surface area (TPSA) is 61.5 Å². The molecular formula is C16H16ClNO3. The number of rotatable bonds is 4. The van der Waals surface area contributed by atoms with Crippen LogP contribution in [-0.2, 0) is 11.3 Å². The van der Waals surface area contributed by atoms with Gasteiger partial charge in [-0.15, -0.1) is 0 Å². The number of halogens is 1. The van der Waals surface area contributed by atoms with Crippen molar-refractivity contribution < 1.29 is 14.3 Å². The fourth-order valence-electron chi connectivity index (χ4n) is 1.85. The van der Waals surface area contributed by atoms with Crippen LogP contribution in [0.4, 0.5) is 5.69 Å². The Morgan fingerprint density at radius 3 is 2.62 bits per heavy atom. The van der Waals surface area contributed by atoms with E-state index >= 15 is 0 Å². The molecule has 0 heterocycles. The summed E-state index contributed by atoms with van der Waals surface area (Å²) in [5, 5.41) is 0.653. The second-order valence-electron chi connectivity index (χ2n) is 4.63. The van der Waals surface area contributed by atoms with E-state index in [0.717, 1.165) is 11.1 Å². The number of anilines is 1. The molecule has 21 heavy (non-hydrogen) atoms. The predicted octanol–water partition coefficient (Wildman–Crippen LogP) is 3.60. The molecule has 0 aliphatic carbocycles. The van der Waals surface area contributed by atoms with Gasteiger partial charge in [-0.2, -0.15) is 0 Å². The molecule has 0 spiro atoms. The maximum atomic E-state index is 11.4. The highest BCUT2D eigenvalue weighted by Gasteiger charge is 2.09. The number of benzene rings is 2. The molecule has 0 aromatic heterocycles. The Balaban J connectivity index is 2.11. The van der Waals surface area contributed by atoms with Crippen LogP contribution in [0.5, 0.6) is 5.75 Å². The number of nitrogens with two attached hydrogens (primary N) is 1. The zero-order valence-electron chi connectivity index (χ0n) is 11.9. The molecule has 0 aliphatic heterocycles. The number of carbonyl (C=O) groups is 1. The molecule has 5 heteroatoms. The molecule has 0 fully saturated rings. The summed E-state index contributed by atoms with van der Waals surface area (Å²) in [6.45, 7) is 2.28. The van der Waals surface area contributed by atoms with Crippen LogP contribution in [0.2, 0.25) is 5.02 Å². The molecule has 110 valence electrons. The molecule has 0 saturated carbocycles. The Bertz CT molecular complexity index is 671. The van der Waals surface area contributed by atoms with E-state index in [1.54, 1.807) is 12.1 Å². The van der Waals surface area contributed by atoms with Gasteiger partial charge in [0.15, 0.2) is 0 Å². The molecule has 0 amide bonds. The molecule has 2 rings (SSSR count). The maximum Gasteiger partial charge on any atom is 0.337 e. The van der Waals surface area contributed by atoms with Crippen molar-refractivity contribution in [2.24, 2.45) is 0 Å². The quantitative estimate of drug-likeness (QED) is 0.692. The van der Waals surface area contributed by atoms with Crippen molar-refractivity contribution in [3.63, 3.8) is 0 Å². The Labute approximate surface area is 128 Å². The van der Waals surface area contributed by atoms with E-state index in [4.69, 9.17) is 22.1 Å². The molecule has 0 saturated heterocycles. The number of esters is 1. The SMILES string of the molecule is COC(=O)c1ccc(OCc2ccc(C)cc2Cl)c(N)c1. The summed E-state index contributed by atoms with van der Waals surface area (Å²) in [5.74, 6) is 0.0640. The molecule has 2 aromatic rings. The number of ether oxygens (including phenoxy) is 2. The lowest BCUT2D eigenvalue weighted by molar-refractivity contribution is 0.0600. The fraction of sp³-hybridized carbons (Fsp3) is 0.188. The molecule has 0 radical (unpaired) electrons. The Kier molecular flexibility index (Phi) is 4.70. The second kappa shape index (κ2) is 6.50. The highest BCUT2D eigenvalue weighted by Crippen LogP contribution is 2.25. The minimum Gasteiger partial charge on any atom is -0.487 e. The molecule has 0 aliphatic rings. The minimum atomic E-state index is -0.435. The Morgan fingerprint density at radius 2 is 2.00 bits per heavy atom. The van der Waals surface area contributed by atoms with Crippen LogP contribution in [0.15, 0.2) is 36.4 Å². The first-order valence-corrected chi connectivity index (χ1v) is 6.74. The van der Waals surface area contributed by atoms with Gasteiger partial charge in [0, 0.05) is 10.6 Å². The van der Waals surface area contributed by atoms with Crippen molar-refractivity contribution in [3.8, 4) is 5.75 Å². The third-order valence-electron chi connectivity index (χ3n) is 3.02. The van der Waals surface area contributed by atoms with Crippen molar-refractivity contribution in [1.29, 1.82) is 0 Å². The summed E-state index contributed by atoms with van der Waals surface area (Å²) in [7, 11) is 1.32. The van der Waals surface area contributed by atoms with Gasteiger partial charge in [-0.3, -0.25) is 0 Å². The standard InChI is InChI=1S/C16H16ClNO3/c1-10-3-4-12(13(17)7-10)9-21-15-6-5-11(8-14(15)18)16(19)20-2/h3-8H,9,18H2,1-2H3. The summed E-state index contributed by atoms with van der Waals surface area (Å²) in [5.41, 5.74) is 8.60. The monoisotopic (exact) mass is 305 g/mol. The molecule has 2 N–H and O–H groups in total. The smallest absolute Gasteiger partial charge is 0.337 e. The van der Waals surface area contributed by atoms with Gasteiger partial charge >= 0.3 is 5.97 Å². The summed E-state index contributed by atoms with van der Waals surface area (Å²) >= 11 is 6.15.